The first-order valence-electron chi connectivity index (χ1n) is 4.61. The molecule has 1 heterocycles. The monoisotopic (exact) mass is 248 g/mol. The van der Waals surface area contributed by atoms with Gasteiger partial charge in [0, 0.05) is 5.56 Å². The number of halogens is 2. The molecule has 2 rings (SSSR count). The smallest absolute Gasteiger partial charge is 0.184 e. The second-order valence-electron chi connectivity index (χ2n) is 3.22. The molecule has 2 N–H and O–H groups in total. The summed E-state index contributed by atoms with van der Waals surface area (Å²) in [5, 5.41) is 8.71. The summed E-state index contributed by atoms with van der Waals surface area (Å²) >= 11 is 5.86. The SMILES string of the molecule is N#Cc1nc(Cl)c(-c2cccc(F)c2)nc1N. The molecule has 2 aromatic rings. The highest BCUT2D eigenvalue weighted by Crippen LogP contribution is 2.26. The van der Waals surface area contributed by atoms with E-state index in [1.807, 2.05) is 0 Å². The molecule has 0 aliphatic heterocycles. The van der Waals surface area contributed by atoms with Crippen LogP contribution in [0.15, 0.2) is 24.3 Å². The van der Waals surface area contributed by atoms with Gasteiger partial charge in [-0.3, -0.25) is 0 Å². The number of anilines is 1. The van der Waals surface area contributed by atoms with E-state index in [0.717, 1.165) is 0 Å². The third-order valence-electron chi connectivity index (χ3n) is 2.08. The van der Waals surface area contributed by atoms with Gasteiger partial charge < -0.3 is 5.73 Å². The Kier molecular flexibility index (Phi) is 2.90. The van der Waals surface area contributed by atoms with E-state index in [9.17, 15) is 4.39 Å². The lowest BCUT2D eigenvalue weighted by Gasteiger charge is -2.05. The van der Waals surface area contributed by atoms with Gasteiger partial charge in [0.2, 0.25) is 0 Å². The topological polar surface area (TPSA) is 75.6 Å². The summed E-state index contributed by atoms with van der Waals surface area (Å²) in [6, 6.07) is 7.49. The molecule has 0 aliphatic rings. The average molecular weight is 249 g/mol. The summed E-state index contributed by atoms with van der Waals surface area (Å²) in [5.41, 5.74) is 6.19. The molecule has 0 radical (unpaired) electrons. The summed E-state index contributed by atoms with van der Waals surface area (Å²) < 4.78 is 13.1. The molecule has 0 amide bonds. The Morgan fingerprint density at radius 3 is 2.76 bits per heavy atom. The van der Waals surface area contributed by atoms with Gasteiger partial charge in [0.05, 0.1) is 0 Å². The second kappa shape index (κ2) is 4.36. The first-order valence-corrected chi connectivity index (χ1v) is 4.98. The number of nitrogen functional groups attached to an aromatic ring is 1. The van der Waals surface area contributed by atoms with E-state index in [0.29, 0.717) is 5.56 Å². The van der Waals surface area contributed by atoms with Crippen molar-refractivity contribution in [3.63, 3.8) is 0 Å². The van der Waals surface area contributed by atoms with Gasteiger partial charge in [-0.25, -0.2) is 14.4 Å². The first-order chi connectivity index (χ1) is 8.11. The average Bonchev–Trinajstić information content (AvgIpc) is 2.31. The molecule has 4 nitrogen and oxygen atoms in total. The summed E-state index contributed by atoms with van der Waals surface area (Å²) in [6.07, 6.45) is 0. The minimum atomic E-state index is -0.414. The molecule has 0 aliphatic carbocycles. The molecule has 1 aromatic carbocycles. The number of hydrogen-bond acceptors (Lipinski definition) is 4. The molecular formula is C11H6ClFN4. The Morgan fingerprint density at radius 1 is 1.35 bits per heavy atom. The highest BCUT2D eigenvalue weighted by molar-refractivity contribution is 6.31. The third kappa shape index (κ3) is 2.17. The Hall–Kier alpha value is -2.19. The van der Waals surface area contributed by atoms with Crippen molar-refractivity contribution in [2.75, 3.05) is 5.73 Å². The van der Waals surface area contributed by atoms with Crippen molar-refractivity contribution in [1.29, 1.82) is 5.26 Å². The van der Waals surface area contributed by atoms with Gasteiger partial charge in [0.15, 0.2) is 16.7 Å². The maximum absolute atomic E-state index is 13.1. The van der Waals surface area contributed by atoms with Crippen LogP contribution in [0, 0.1) is 17.1 Å². The molecule has 0 fully saturated rings. The number of hydrogen-bond donors (Lipinski definition) is 1. The summed E-state index contributed by atoms with van der Waals surface area (Å²) in [6.45, 7) is 0. The van der Waals surface area contributed by atoms with Gasteiger partial charge in [0.25, 0.3) is 0 Å². The maximum Gasteiger partial charge on any atom is 0.184 e. The van der Waals surface area contributed by atoms with Crippen molar-refractivity contribution in [1.82, 2.24) is 9.97 Å². The van der Waals surface area contributed by atoms with Crippen molar-refractivity contribution < 1.29 is 4.39 Å². The van der Waals surface area contributed by atoms with Crippen LogP contribution in [0.4, 0.5) is 10.2 Å². The predicted octanol–water partition coefficient (Wildman–Crippen LogP) is 2.39. The van der Waals surface area contributed by atoms with E-state index >= 15 is 0 Å². The number of nitrogens with zero attached hydrogens (tertiary/aromatic N) is 3. The fourth-order valence-electron chi connectivity index (χ4n) is 1.33. The fraction of sp³-hybridized carbons (Fsp3) is 0. The van der Waals surface area contributed by atoms with E-state index in [-0.39, 0.29) is 22.4 Å². The normalized spacial score (nSPS) is 9.94. The van der Waals surface area contributed by atoms with E-state index in [1.165, 1.54) is 18.2 Å². The molecule has 0 saturated carbocycles. The molecular weight excluding hydrogens is 243 g/mol. The van der Waals surface area contributed by atoms with Crippen LogP contribution in [0.2, 0.25) is 5.15 Å². The predicted molar refractivity (Wildman–Crippen MR) is 61.6 cm³/mol. The number of benzene rings is 1. The zero-order valence-corrected chi connectivity index (χ0v) is 9.24. The van der Waals surface area contributed by atoms with Crippen LogP contribution in [0.5, 0.6) is 0 Å². The quantitative estimate of drug-likeness (QED) is 0.841. The lowest BCUT2D eigenvalue weighted by molar-refractivity contribution is 0.628. The van der Waals surface area contributed by atoms with E-state index < -0.39 is 5.82 Å². The Morgan fingerprint density at radius 2 is 2.12 bits per heavy atom. The van der Waals surface area contributed by atoms with Crippen LogP contribution in [-0.2, 0) is 0 Å². The number of aromatic nitrogens is 2. The van der Waals surface area contributed by atoms with E-state index in [4.69, 9.17) is 22.6 Å². The van der Waals surface area contributed by atoms with Crippen molar-refractivity contribution >= 4 is 17.4 Å². The first kappa shape index (κ1) is 11.3. The molecule has 0 saturated heterocycles. The summed E-state index contributed by atoms with van der Waals surface area (Å²) in [7, 11) is 0. The highest BCUT2D eigenvalue weighted by atomic mass is 35.5. The molecule has 0 unspecified atom stereocenters. The zero-order chi connectivity index (χ0) is 12.4. The van der Waals surface area contributed by atoms with Crippen LogP contribution in [0.1, 0.15) is 5.69 Å². The summed E-state index contributed by atoms with van der Waals surface area (Å²) in [4.78, 5) is 7.74. The van der Waals surface area contributed by atoms with Crippen molar-refractivity contribution in [3.8, 4) is 17.3 Å². The second-order valence-corrected chi connectivity index (χ2v) is 3.58. The fourth-order valence-corrected chi connectivity index (χ4v) is 1.57. The number of nitrogens with two attached hydrogens (primary N) is 1. The van der Waals surface area contributed by atoms with Gasteiger partial charge in [-0.1, -0.05) is 23.7 Å². The van der Waals surface area contributed by atoms with Crippen LogP contribution in [0.3, 0.4) is 0 Å². The van der Waals surface area contributed by atoms with Crippen molar-refractivity contribution in [2.45, 2.75) is 0 Å². The zero-order valence-electron chi connectivity index (χ0n) is 8.48. The van der Waals surface area contributed by atoms with Gasteiger partial charge in [-0.05, 0) is 12.1 Å². The van der Waals surface area contributed by atoms with Crippen LogP contribution in [0.25, 0.3) is 11.3 Å². The Balaban J connectivity index is 2.61. The molecule has 17 heavy (non-hydrogen) atoms. The Labute approximate surface area is 101 Å². The molecule has 0 bridgehead atoms. The van der Waals surface area contributed by atoms with Crippen LogP contribution >= 0.6 is 11.6 Å². The lowest BCUT2D eigenvalue weighted by Crippen LogP contribution is -2.01. The van der Waals surface area contributed by atoms with E-state index in [2.05, 4.69) is 9.97 Å². The Bertz CT molecular complexity index is 621. The van der Waals surface area contributed by atoms with E-state index in [1.54, 1.807) is 12.1 Å². The molecule has 0 atom stereocenters. The standard InChI is InChI=1S/C11H6ClFN4/c12-10-9(6-2-1-3-7(13)4-6)17-11(15)8(5-14)16-10/h1-4H,(H2,15,17). The summed E-state index contributed by atoms with van der Waals surface area (Å²) in [5.74, 6) is -0.445. The third-order valence-corrected chi connectivity index (χ3v) is 2.35. The van der Waals surface area contributed by atoms with Crippen molar-refractivity contribution in [2.24, 2.45) is 0 Å². The minimum Gasteiger partial charge on any atom is -0.381 e. The number of rotatable bonds is 1. The van der Waals surface area contributed by atoms with Crippen LogP contribution in [-0.4, -0.2) is 9.97 Å². The minimum absolute atomic E-state index is 0.0151. The van der Waals surface area contributed by atoms with Gasteiger partial charge in [0.1, 0.15) is 17.6 Å². The van der Waals surface area contributed by atoms with Crippen LogP contribution < -0.4 is 5.73 Å². The number of nitriles is 1. The highest BCUT2D eigenvalue weighted by Gasteiger charge is 2.12. The van der Waals surface area contributed by atoms with Crippen molar-refractivity contribution in [3.05, 3.63) is 40.9 Å². The maximum atomic E-state index is 13.1. The molecule has 1 aromatic heterocycles. The largest absolute Gasteiger partial charge is 0.381 e. The van der Waals surface area contributed by atoms with Gasteiger partial charge in [-0.2, -0.15) is 5.26 Å². The molecule has 6 heteroatoms. The van der Waals surface area contributed by atoms with Gasteiger partial charge >= 0.3 is 0 Å². The molecule has 0 spiro atoms. The lowest BCUT2D eigenvalue weighted by atomic mass is 10.1. The molecule has 84 valence electrons. The van der Waals surface area contributed by atoms with Gasteiger partial charge in [-0.15, -0.1) is 0 Å².